The summed E-state index contributed by atoms with van der Waals surface area (Å²) in [5.74, 6) is 1.41. The summed E-state index contributed by atoms with van der Waals surface area (Å²) in [6, 6.07) is 20.6. The van der Waals surface area contributed by atoms with E-state index in [2.05, 4.69) is 50.4 Å². The van der Waals surface area contributed by atoms with Crippen LogP contribution in [0.2, 0.25) is 0 Å². The van der Waals surface area contributed by atoms with Crippen molar-refractivity contribution in [3.63, 3.8) is 0 Å². The fourth-order valence-electron chi connectivity index (χ4n) is 4.22. The molecule has 31 heavy (non-hydrogen) atoms. The summed E-state index contributed by atoms with van der Waals surface area (Å²) < 4.78 is 18.5. The molecule has 0 amide bonds. The Bertz CT molecular complexity index is 868. The number of likely N-dealkylation sites (tertiary alicyclic amines) is 1. The number of hydrogen-bond donors (Lipinski definition) is 1. The minimum Gasteiger partial charge on any atom is -0.373 e. The Kier molecular flexibility index (Phi) is 9.30. The summed E-state index contributed by atoms with van der Waals surface area (Å²) in [6.45, 7) is 5.00. The van der Waals surface area contributed by atoms with Crippen LogP contribution in [0.1, 0.15) is 5.56 Å². The molecule has 2 aromatic carbocycles. The van der Waals surface area contributed by atoms with Crippen LogP contribution in [0.5, 0.6) is 0 Å². The highest BCUT2D eigenvalue weighted by Gasteiger charge is 2.41. The summed E-state index contributed by atoms with van der Waals surface area (Å²) in [4.78, 5) is 10.1. The minimum absolute atomic E-state index is 0. The molecule has 0 bridgehead atoms. The van der Waals surface area contributed by atoms with Crippen LogP contribution >= 0.6 is 24.0 Å². The van der Waals surface area contributed by atoms with Gasteiger partial charge in [-0.25, -0.2) is 0 Å². The SMILES string of the molecule is CN=C(NCCS(=O)c1ccccc1)N1CC2OCCN(Cc3ccccc3)C2C1.I. The molecule has 6 nitrogen and oxygen atoms in total. The van der Waals surface area contributed by atoms with Gasteiger partial charge in [-0.05, 0) is 17.7 Å². The summed E-state index contributed by atoms with van der Waals surface area (Å²) in [6.07, 6.45) is 0.194. The Labute approximate surface area is 204 Å². The molecule has 168 valence electrons. The molecule has 1 N–H and O–H groups in total. The van der Waals surface area contributed by atoms with E-state index >= 15 is 0 Å². The van der Waals surface area contributed by atoms with Crippen molar-refractivity contribution in [1.29, 1.82) is 0 Å². The van der Waals surface area contributed by atoms with E-state index in [0.717, 1.165) is 43.6 Å². The lowest BCUT2D eigenvalue weighted by molar-refractivity contribution is -0.0502. The van der Waals surface area contributed by atoms with Crippen LogP contribution in [0.25, 0.3) is 0 Å². The third kappa shape index (κ3) is 6.27. The highest BCUT2D eigenvalue weighted by atomic mass is 127. The lowest BCUT2D eigenvalue weighted by atomic mass is 10.1. The van der Waals surface area contributed by atoms with E-state index in [1.54, 1.807) is 7.05 Å². The monoisotopic (exact) mass is 554 g/mol. The maximum Gasteiger partial charge on any atom is 0.193 e. The first-order valence-electron chi connectivity index (χ1n) is 10.5. The van der Waals surface area contributed by atoms with Crippen molar-refractivity contribution in [2.45, 2.75) is 23.6 Å². The van der Waals surface area contributed by atoms with Crippen LogP contribution in [0, 0.1) is 0 Å². The van der Waals surface area contributed by atoms with Crippen LogP contribution in [0.15, 0.2) is 70.6 Å². The smallest absolute Gasteiger partial charge is 0.193 e. The molecule has 2 aromatic rings. The van der Waals surface area contributed by atoms with Gasteiger partial charge < -0.3 is 15.0 Å². The average Bonchev–Trinajstić information content (AvgIpc) is 3.23. The zero-order chi connectivity index (χ0) is 20.8. The standard InChI is InChI=1S/C23H30N4O2S.HI/c1-24-23(25-12-15-30(28)20-10-6-3-7-11-20)27-17-21-22(18-27)29-14-13-26(21)16-19-8-4-2-5-9-19;/h2-11,21-22H,12-18H2,1H3,(H,24,25);1H. The molecule has 8 heteroatoms. The molecule has 4 rings (SSSR count). The third-order valence-corrected chi connectivity index (χ3v) is 7.11. The first-order valence-corrected chi connectivity index (χ1v) is 11.8. The number of rotatable bonds is 6. The van der Waals surface area contributed by atoms with Crippen LogP contribution in [-0.4, -0.2) is 77.7 Å². The first-order chi connectivity index (χ1) is 14.7. The van der Waals surface area contributed by atoms with Crippen molar-refractivity contribution < 1.29 is 8.95 Å². The number of guanidine groups is 1. The van der Waals surface area contributed by atoms with Gasteiger partial charge in [0.25, 0.3) is 0 Å². The molecule has 2 saturated heterocycles. The molecule has 3 atom stereocenters. The largest absolute Gasteiger partial charge is 0.373 e. The molecule has 0 saturated carbocycles. The summed E-state index contributed by atoms with van der Waals surface area (Å²) in [5.41, 5.74) is 1.34. The summed E-state index contributed by atoms with van der Waals surface area (Å²) in [5, 5.41) is 3.40. The van der Waals surface area contributed by atoms with Crippen LogP contribution in [-0.2, 0) is 22.1 Å². The Morgan fingerprint density at radius 3 is 2.55 bits per heavy atom. The molecular weight excluding hydrogens is 523 g/mol. The van der Waals surface area contributed by atoms with Crippen molar-refractivity contribution >= 4 is 40.7 Å². The number of benzene rings is 2. The van der Waals surface area contributed by atoms with Crippen LogP contribution in [0.4, 0.5) is 0 Å². The van der Waals surface area contributed by atoms with E-state index in [1.807, 2.05) is 30.3 Å². The number of hydrogen-bond acceptors (Lipinski definition) is 4. The quantitative estimate of drug-likeness (QED) is 0.338. The molecule has 2 heterocycles. The van der Waals surface area contributed by atoms with E-state index in [9.17, 15) is 4.21 Å². The Morgan fingerprint density at radius 1 is 1.13 bits per heavy atom. The lowest BCUT2D eigenvalue weighted by Crippen LogP contribution is -2.50. The molecule has 2 fully saturated rings. The van der Waals surface area contributed by atoms with Crippen molar-refractivity contribution in [3.05, 3.63) is 66.2 Å². The second kappa shape index (κ2) is 11.9. The van der Waals surface area contributed by atoms with Gasteiger partial charge in [0.1, 0.15) is 0 Å². The number of fused-ring (bicyclic) bond motifs is 1. The number of halogens is 1. The second-order valence-electron chi connectivity index (χ2n) is 7.67. The van der Waals surface area contributed by atoms with Gasteiger partial charge in [0.2, 0.25) is 0 Å². The van der Waals surface area contributed by atoms with Gasteiger partial charge in [-0.2, -0.15) is 0 Å². The minimum atomic E-state index is -1.01. The zero-order valence-corrected chi connectivity index (χ0v) is 21.0. The summed E-state index contributed by atoms with van der Waals surface area (Å²) >= 11 is 0. The van der Waals surface area contributed by atoms with E-state index in [0.29, 0.717) is 18.3 Å². The molecule has 0 aromatic heterocycles. The van der Waals surface area contributed by atoms with E-state index < -0.39 is 10.8 Å². The fourth-order valence-corrected chi connectivity index (χ4v) is 5.21. The predicted octanol–water partition coefficient (Wildman–Crippen LogP) is 2.57. The van der Waals surface area contributed by atoms with Gasteiger partial charge in [0.15, 0.2) is 5.96 Å². The highest BCUT2D eigenvalue weighted by molar-refractivity contribution is 14.0. The number of nitrogens with one attached hydrogen (secondary N) is 1. The number of nitrogens with zero attached hydrogens (tertiary/aromatic N) is 3. The zero-order valence-electron chi connectivity index (χ0n) is 17.9. The van der Waals surface area contributed by atoms with Crippen molar-refractivity contribution in [2.24, 2.45) is 4.99 Å². The molecule has 3 unspecified atom stereocenters. The van der Waals surface area contributed by atoms with E-state index in [1.165, 1.54) is 5.56 Å². The van der Waals surface area contributed by atoms with Gasteiger partial charge >= 0.3 is 0 Å². The Balaban J connectivity index is 0.00000272. The van der Waals surface area contributed by atoms with Crippen LogP contribution in [0.3, 0.4) is 0 Å². The van der Waals surface area contributed by atoms with Crippen LogP contribution < -0.4 is 5.32 Å². The normalized spacial score (nSPS) is 22.5. The molecule has 0 aliphatic carbocycles. The molecular formula is C23H31IN4O2S. The average molecular weight is 554 g/mol. The first kappa shape index (κ1) is 24.2. The molecule has 0 spiro atoms. The summed E-state index contributed by atoms with van der Waals surface area (Å²) in [7, 11) is 0.799. The van der Waals surface area contributed by atoms with Gasteiger partial charge in [-0.1, -0.05) is 48.5 Å². The molecule has 0 radical (unpaired) electrons. The van der Waals surface area contributed by atoms with E-state index in [4.69, 9.17) is 4.74 Å². The predicted molar refractivity (Wildman–Crippen MR) is 136 cm³/mol. The number of morpholine rings is 1. The third-order valence-electron chi connectivity index (χ3n) is 5.73. The second-order valence-corrected chi connectivity index (χ2v) is 9.25. The highest BCUT2D eigenvalue weighted by Crippen LogP contribution is 2.24. The molecule has 2 aliphatic rings. The van der Waals surface area contributed by atoms with Gasteiger partial charge in [0, 0.05) is 50.4 Å². The van der Waals surface area contributed by atoms with Gasteiger partial charge in [0.05, 0.1) is 29.6 Å². The van der Waals surface area contributed by atoms with Crippen molar-refractivity contribution in [3.8, 4) is 0 Å². The number of aliphatic imine (C=N–C) groups is 1. The van der Waals surface area contributed by atoms with Crippen molar-refractivity contribution in [1.82, 2.24) is 15.1 Å². The Morgan fingerprint density at radius 2 is 1.84 bits per heavy atom. The molecule has 2 aliphatic heterocycles. The van der Waals surface area contributed by atoms with Gasteiger partial charge in [-0.15, -0.1) is 24.0 Å². The van der Waals surface area contributed by atoms with Gasteiger partial charge in [-0.3, -0.25) is 14.1 Å². The fraction of sp³-hybridized carbons (Fsp3) is 0.435. The van der Waals surface area contributed by atoms with E-state index in [-0.39, 0.29) is 30.1 Å². The maximum atomic E-state index is 12.4. The number of ether oxygens (including phenoxy) is 1. The Hall–Kier alpha value is -1.49. The topological polar surface area (TPSA) is 57.2 Å². The lowest BCUT2D eigenvalue weighted by Gasteiger charge is -2.36. The van der Waals surface area contributed by atoms with Crippen molar-refractivity contribution in [2.75, 3.05) is 45.6 Å². The maximum absolute atomic E-state index is 12.4.